The van der Waals surface area contributed by atoms with E-state index in [4.69, 9.17) is 4.74 Å². The molecule has 0 radical (unpaired) electrons. The average Bonchev–Trinajstić information content (AvgIpc) is 2.82. The van der Waals surface area contributed by atoms with Crippen LogP contribution in [-0.2, 0) is 13.0 Å². The number of methoxy groups -OCH3 is 1. The van der Waals surface area contributed by atoms with Gasteiger partial charge in [-0.25, -0.2) is 0 Å². The van der Waals surface area contributed by atoms with Gasteiger partial charge in [-0.3, -0.25) is 9.36 Å². The van der Waals surface area contributed by atoms with Crippen molar-refractivity contribution in [3.05, 3.63) is 51.3 Å². The standard InChI is InChI=1S/C16H17BrN2O2/c1-10-7-11(3-4-14(10)21-2)16(20)19-13-5-6-18-9-12(13)8-15(19)17/h3-4,7-8,18H,5-6,9H2,1-2H3. The second-order valence-electron chi connectivity index (χ2n) is 5.19. The highest BCUT2D eigenvalue weighted by atomic mass is 79.9. The van der Waals surface area contributed by atoms with Gasteiger partial charge in [-0.1, -0.05) is 0 Å². The summed E-state index contributed by atoms with van der Waals surface area (Å²) >= 11 is 3.51. The van der Waals surface area contributed by atoms with Gasteiger partial charge in [0.1, 0.15) is 5.75 Å². The number of nitrogens with one attached hydrogen (secondary N) is 1. The molecule has 0 aliphatic carbocycles. The Hall–Kier alpha value is -1.59. The van der Waals surface area contributed by atoms with E-state index in [2.05, 4.69) is 21.2 Å². The molecule has 4 nitrogen and oxygen atoms in total. The second kappa shape index (κ2) is 5.66. The number of ether oxygens (including phenoxy) is 1. The van der Waals surface area contributed by atoms with E-state index in [1.165, 1.54) is 5.56 Å². The monoisotopic (exact) mass is 348 g/mol. The lowest BCUT2D eigenvalue weighted by atomic mass is 10.1. The number of aromatic nitrogens is 1. The Balaban J connectivity index is 2.03. The molecule has 2 aromatic rings. The van der Waals surface area contributed by atoms with Gasteiger partial charge >= 0.3 is 0 Å². The van der Waals surface area contributed by atoms with Gasteiger partial charge in [-0.2, -0.15) is 0 Å². The molecular formula is C16H17BrN2O2. The van der Waals surface area contributed by atoms with Crippen molar-refractivity contribution in [2.75, 3.05) is 13.7 Å². The van der Waals surface area contributed by atoms with Gasteiger partial charge in [0.2, 0.25) is 0 Å². The van der Waals surface area contributed by atoms with Crippen molar-refractivity contribution in [1.29, 1.82) is 0 Å². The molecule has 1 N–H and O–H groups in total. The minimum atomic E-state index is -0.00391. The second-order valence-corrected chi connectivity index (χ2v) is 6.00. The molecule has 0 unspecified atom stereocenters. The summed E-state index contributed by atoms with van der Waals surface area (Å²) in [4.78, 5) is 12.8. The van der Waals surface area contributed by atoms with E-state index in [1.807, 2.05) is 31.2 Å². The van der Waals surface area contributed by atoms with Crippen molar-refractivity contribution in [3.63, 3.8) is 0 Å². The predicted molar refractivity (Wildman–Crippen MR) is 85.0 cm³/mol. The largest absolute Gasteiger partial charge is 0.496 e. The number of rotatable bonds is 2. The van der Waals surface area contributed by atoms with Crippen molar-refractivity contribution in [1.82, 2.24) is 9.88 Å². The number of halogens is 1. The van der Waals surface area contributed by atoms with Gasteiger partial charge in [-0.05, 0) is 58.2 Å². The molecule has 1 aliphatic heterocycles. The van der Waals surface area contributed by atoms with E-state index < -0.39 is 0 Å². The number of benzene rings is 1. The molecule has 5 heteroatoms. The zero-order valence-electron chi connectivity index (χ0n) is 12.1. The average molecular weight is 349 g/mol. The summed E-state index contributed by atoms with van der Waals surface area (Å²) in [7, 11) is 1.63. The summed E-state index contributed by atoms with van der Waals surface area (Å²) < 4.78 is 7.84. The fourth-order valence-electron chi connectivity index (χ4n) is 2.78. The van der Waals surface area contributed by atoms with Gasteiger partial charge in [0, 0.05) is 30.8 Å². The number of carbonyl (C=O) groups excluding carboxylic acids is 1. The molecule has 0 bridgehead atoms. The Kier molecular flexibility index (Phi) is 3.87. The van der Waals surface area contributed by atoms with Gasteiger partial charge in [-0.15, -0.1) is 0 Å². The lowest BCUT2D eigenvalue weighted by Gasteiger charge is -2.16. The van der Waals surface area contributed by atoms with Crippen LogP contribution < -0.4 is 10.1 Å². The Morgan fingerprint density at radius 2 is 2.19 bits per heavy atom. The lowest BCUT2D eigenvalue weighted by molar-refractivity contribution is 0.0954. The molecule has 0 fully saturated rings. The van der Waals surface area contributed by atoms with Gasteiger partial charge in [0.05, 0.1) is 11.7 Å². The van der Waals surface area contributed by atoms with E-state index >= 15 is 0 Å². The first-order valence-electron chi connectivity index (χ1n) is 6.91. The molecule has 1 aromatic heterocycles. The van der Waals surface area contributed by atoms with Crippen LogP contribution in [-0.4, -0.2) is 24.1 Å². The normalized spacial score (nSPS) is 13.9. The van der Waals surface area contributed by atoms with Crippen LogP contribution in [0, 0.1) is 6.92 Å². The molecule has 110 valence electrons. The van der Waals surface area contributed by atoms with Crippen molar-refractivity contribution in [3.8, 4) is 5.75 Å². The van der Waals surface area contributed by atoms with Gasteiger partial charge < -0.3 is 10.1 Å². The number of carbonyl (C=O) groups is 1. The molecular weight excluding hydrogens is 332 g/mol. The highest BCUT2D eigenvalue weighted by molar-refractivity contribution is 9.10. The van der Waals surface area contributed by atoms with Gasteiger partial charge in [0.25, 0.3) is 5.91 Å². The van der Waals surface area contributed by atoms with Crippen LogP contribution in [0.15, 0.2) is 28.9 Å². The zero-order chi connectivity index (χ0) is 15.0. The van der Waals surface area contributed by atoms with Crippen LogP contribution in [0.4, 0.5) is 0 Å². The maximum atomic E-state index is 12.8. The maximum Gasteiger partial charge on any atom is 0.263 e. The Labute approximate surface area is 132 Å². The number of aryl methyl sites for hydroxylation is 1. The molecule has 21 heavy (non-hydrogen) atoms. The quantitative estimate of drug-likeness (QED) is 0.907. The number of nitrogens with zero attached hydrogens (tertiary/aromatic N) is 1. The van der Waals surface area contributed by atoms with Gasteiger partial charge in [0.15, 0.2) is 0 Å². The van der Waals surface area contributed by atoms with Crippen LogP contribution in [0.1, 0.15) is 27.2 Å². The van der Waals surface area contributed by atoms with Crippen LogP contribution in [0.2, 0.25) is 0 Å². The summed E-state index contributed by atoms with van der Waals surface area (Å²) in [6.45, 7) is 3.66. The smallest absolute Gasteiger partial charge is 0.263 e. The van der Waals surface area contributed by atoms with Crippen molar-refractivity contribution in [2.45, 2.75) is 19.9 Å². The van der Waals surface area contributed by atoms with Crippen molar-refractivity contribution < 1.29 is 9.53 Å². The third-order valence-corrected chi connectivity index (χ3v) is 4.43. The third-order valence-electron chi connectivity index (χ3n) is 3.85. The molecule has 3 rings (SSSR count). The summed E-state index contributed by atoms with van der Waals surface area (Å²) in [5.41, 5.74) is 3.92. The third kappa shape index (κ3) is 2.51. The minimum absolute atomic E-state index is 0.00391. The van der Waals surface area contributed by atoms with Crippen molar-refractivity contribution >= 4 is 21.8 Å². The molecule has 0 saturated carbocycles. The number of hydrogen-bond acceptors (Lipinski definition) is 3. The molecule has 1 aromatic carbocycles. The summed E-state index contributed by atoms with van der Waals surface area (Å²) in [6.07, 6.45) is 0.863. The lowest BCUT2D eigenvalue weighted by Crippen LogP contribution is -2.26. The Morgan fingerprint density at radius 3 is 2.90 bits per heavy atom. The van der Waals surface area contributed by atoms with Crippen LogP contribution in [0.25, 0.3) is 0 Å². The number of fused-ring (bicyclic) bond motifs is 1. The highest BCUT2D eigenvalue weighted by Gasteiger charge is 2.22. The summed E-state index contributed by atoms with van der Waals surface area (Å²) in [5, 5.41) is 3.32. The van der Waals surface area contributed by atoms with Crippen LogP contribution in [0.5, 0.6) is 5.75 Å². The fraction of sp³-hybridized carbons (Fsp3) is 0.312. The topological polar surface area (TPSA) is 43.3 Å². The van der Waals surface area contributed by atoms with E-state index in [1.54, 1.807) is 11.7 Å². The Bertz CT molecular complexity index is 707. The van der Waals surface area contributed by atoms with E-state index in [9.17, 15) is 4.79 Å². The van der Waals surface area contributed by atoms with Crippen molar-refractivity contribution in [2.24, 2.45) is 0 Å². The van der Waals surface area contributed by atoms with E-state index in [0.717, 1.165) is 41.1 Å². The number of hydrogen-bond donors (Lipinski definition) is 1. The molecule has 2 heterocycles. The summed E-state index contributed by atoms with van der Waals surface area (Å²) in [6, 6.07) is 7.55. The fourth-order valence-corrected chi connectivity index (χ4v) is 3.43. The molecule has 0 saturated heterocycles. The highest BCUT2D eigenvalue weighted by Crippen LogP contribution is 2.26. The first-order chi connectivity index (χ1) is 10.1. The molecule has 0 spiro atoms. The molecule has 0 amide bonds. The molecule has 0 atom stereocenters. The van der Waals surface area contributed by atoms with E-state index in [0.29, 0.717) is 5.56 Å². The summed E-state index contributed by atoms with van der Waals surface area (Å²) in [5.74, 6) is 0.792. The maximum absolute atomic E-state index is 12.8. The molecule has 1 aliphatic rings. The first-order valence-corrected chi connectivity index (χ1v) is 7.70. The SMILES string of the molecule is COc1ccc(C(=O)n2c(Br)cc3c2CCNC3)cc1C. The van der Waals surface area contributed by atoms with Crippen LogP contribution >= 0.6 is 15.9 Å². The predicted octanol–water partition coefficient (Wildman–Crippen LogP) is 2.90. The van der Waals surface area contributed by atoms with Crippen LogP contribution in [0.3, 0.4) is 0 Å². The Morgan fingerprint density at radius 1 is 1.38 bits per heavy atom. The zero-order valence-corrected chi connectivity index (χ0v) is 13.7. The minimum Gasteiger partial charge on any atom is -0.496 e. The van der Waals surface area contributed by atoms with E-state index in [-0.39, 0.29) is 5.91 Å². The first kappa shape index (κ1) is 14.4.